The van der Waals surface area contributed by atoms with Crippen molar-refractivity contribution >= 4 is 50.7 Å². The minimum atomic E-state index is -0.819. The molecule has 0 aliphatic heterocycles. The molecule has 0 spiro atoms. The predicted octanol–water partition coefficient (Wildman–Crippen LogP) is 4.02. The number of primary amides is 1. The van der Waals surface area contributed by atoms with Gasteiger partial charge in [-0.05, 0) is 44.0 Å². The molecular weight excluding hydrogens is 393 g/mol. The third-order valence-corrected chi connectivity index (χ3v) is 6.16. The number of halogens is 2. The number of aromatic nitrogens is 2. The van der Waals surface area contributed by atoms with Gasteiger partial charge in [-0.25, -0.2) is 4.98 Å². The lowest BCUT2D eigenvalue weighted by molar-refractivity contribution is -0.120. The summed E-state index contributed by atoms with van der Waals surface area (Å²) >= 11 is 13.7. The van der Waals surface area contributed by atoms with Gasteiger partial charge in [0.2, 0.25) is 5.91 Å². The summed E-state index contributed by atoms with van der Waals surface area (Å²) in [4.78, 5) is 31.2. The number of nitrogens with two attached hydrogens (primary N) is 1. The van der Waals surface area contributed by atoms with Gasteiger partial charge in [-0.2, -0.15) is 0 Å². The van der Waals surface area contributed by atoms with Crippen molar-refractivity contribution in [1.29, 1.82) is 0 Å². The minimum Gasteiger partial charge on any atom is -0.368 e. The average molecular weight is 410 g/mol. The van der Waals surface area contributed by atoms with E-state index in [2.05, 4.69) is 4.98 Å². The van der Waals surface area contributed by atoms with Crippen molar-refractivity contribution in [3.63, 3.8) is 0 Å². The molecule has 0 fully saturated rings. The van der Waals surface area contributed by atoms with Crippen molar-refractivity contribution in [2.45, 2.75) is 33.2 Å². The molecule has 3 rings (SSSR count). The van der Waals surface area contributed by atoms with Crippen molar-refractivity contribution in [3.8, 4) is 0 Å². The van der Waals surface area contributed by atoms with E-state index in [1.54, 1.807) is 25.1 Å². The Labute approximate surface area is 164 Å². The topological polar surface area (TPSA) is 78.0 Å². The van der Waals surface area contributed by atoms with Crippen LogP contribution in [0.1, 0.15) is 34.8 Å². The maximum atomic E-state index is 13.1. The molecule has 2 aromatic heterocycles. The first-order valence-corrected chi connectivity index (χ1v) is 9.52. The molecule has 5 nitrogen and oxygen atoms in total. The molecule has 3 aromatic rings. The molecule has 2 N–H and O–H groups in total. The zero-order valence-corrected chi connectivity index (χ0v) is 16.8. The number of hydrogen-bond acceptors (Lipinski definition) is 4. The van der Waals surface area contributed by atoms with Gasteiger partial charge in [0.1, 0.15) is 16.7 Å². The number of rotatable bonds is 4. The van der Waals surface area contributed by atoms with Crippen LogP contribution in [0, 0.1) is 13.8 Å². The van der Waals surface area contributed by atoms with E-state index in [1.165, 1.54) is 15.9 Å². The van der Waals surface area contributed by atoms with Gasteiger partial charge in [-0.3, -0.25) is 14.2 Å². The predicted molar refractivity (Wildman–Crippen MR) is 107 cm³/mol. The largest absolute Gasteiger partial charge is 0.368 e. The Morgan fingerprint density at radius 2 is 2.04 bits per heavy atom. The minimum absolute atomic E-state index is 0.261. The lowest BCUT2D eigenvalue weighted by Crippen LogP contribution is -2.35. The molecule has 136 valence electrons. The van der Waals surface area contributed by atoms with Gasteiger partial charge in [-0.1, -0.05) is 29.3 Å². The number of hydrogen-bond donors (Lipinski definition) is 1. The van der Waals surface area contributed by atoms with E-state index in [1.807, 2.05) is 13.8 Å². The van der Waals surface area contributed by atoms with Crippen LogP contribution in [0.3, 0.4) is 0 Å². The lowest BCUT2D eigenvalue weighted by atomic mass is 10.1. The van der Waals surface area contributed by atoms with E-state index in [0.29, 0.717) is 26.1 Å². The summed E-state index contributed by atoms with van der Waals surface area (Å²) in [6.45, 7) is 5.42. The molecule has 8 heteroatoms. The van der Waals surface area contributed by atoms with Gasteiger partial charge < -0.3 is 5.73 Å². The Bertz CT molecular complexity index is 1090. The van der Waals surface area contributed by atoms with Crippen molar-refractivity contribution in [3.05, 3.63) is 60.4 Å². The zero-order valence-electron chi connectivity index (χ0n) is 14.5. The summed E-state index contributed by atoms with van der Waals surface area (Å²) in [6, 6.07) is 4.32. The molecule has 1 aromatic carbocycles. The molecule has 1 unspecified atom stereocenters. The number of carbonyl (C=O) groups is 1. The second kappa shape index (κ2) is 7.02. The van der Waals surface area contributed by atoms with Crippen molar-refractivity contribution in [1.82, 2.24) is 9.55 Å². The van der Waals surface area contributed by atoms with Crippen LogP contribution in [0.15, 0.2) is 23.0 Å². The Morgan fingerprint density at radius 1 is 1.35 bits per heavy atom. The average Bonchev–Trinajstić information content (AvgIpc) is 2.84. The maximum absolute atomic E-state index is 13.1. The van der Waals surface area contributed by atoms with Crippen LogP contribution < -0.4 is 11.3 Å². The fraction of sp³-hybridized carbons (Fsp3) is 0.278. The number of fused-ring (bicyclic) bond motifs is 1. The second-order valence-electron chi connectivity index (χ2n) is 6.16. The van der Waals surface area contributed by atoms with Crippen LogP contribution >= 0.6 is 34.5 Å². The van der Waals surface area contributed by atoms with Gasteiger partial charge >= 0.3 is 0 Å². The molecule has 0 aliphatic carbocycles. The summed E-state index contributed by atoms with van der Waals surface area (Å²) in [5.74, 6) is -0.152. The fourth-order valence-electron chi connectivity index (χ4n) is 2.84. The van der Waals surface area contributed by atoms with Crippen LogP contribution in [-0.4, -0.2) is 15.5 Å². The molecule has 1 atom stereocenters. The van der Waals surface area contributed by atoms with Crippen molar-refractivity contribution < 1.29 is 4.79 Å². The molecule has 1 amide bonds. The summed E-state index contributed by atoms with van der Waals surface area (Å²) in [5.41, 5.74) is 6.85. The summed E-state index contributed by atoms with van der Waals surface area (Å²) < 4.78 is 1.37. The molecular formula is C18H17Cl2N3O2S. The quantitative estimate of drug-likeness (QED) is 0.706. The van der Waals surface area contributed by atoms with Crippen LogP contribution in [-0.2, 0) is 11.2 Å². The van der Waals surface area contributed by atoms with Crippen LogP contribution in [0.4, 0.5) is 0 Å². The highest BCUT2D eigenvalue weighted by Crippen LogP contribution is 2.29. The van der Waals surface area contributed by atoms with Crippen LogP contribution in [0.25, 0.3) is 10.2 Å². The standard InChI is InChI=1S/C18H17Cl2N3O2S/c1-8-10(3)26-17-15(8)18(25)23(9(2)16(21)24)14(22-17)6-11-4-5-12(19)7-13(11)20/h4-5,7,9H,6H2,1-3H3,(H2,21,24). The maximum Gasteiger partial charge on any atom is 0.263 e. The summed E-state index contributed by atoms with van der Waals surface area (Å²) in [5, 5.41) is 1.53. The Morgan fingerprint density at radius 3 is 2.65 bits per heavy atom. The van der Waals surface area contributed by atoms with Gasteiger partial charge in [0.05, 0.1) is 5.39 Å². The van der Waals surface area contributed by atoms with Gasteiger partial charge in [0, 0.05) is 21.3 Å². The van der Waals surface area contributed by atoms with Crippen molar-refractivity contribution in [2.24, 2.45) is 5.73 Å². The van der Waals surface area contributed by atoms with Crippen LogP contribution in [0.2, 0.25) is 10.0 Å². The summed E-state index contributed by atoms with van der Waals surface area (Å²) in [6.07, 6.45) is 0.287. The highest BCUT2D eigenvalue weighted by molar-refractivity contribution is 7.18. The smallest absolute Gasteiger partial charge is 0.263 e. The number of aryl methyl sites for hydroxylation is 2. The third-order valence-electron chi connectivity index (χ3n) is 4.47. The number of nitrogens with zero attached hydrogens (tertiary/aromatic N) is 2. The van der Waals surface area contributed by atoms with Gasteiger partial charge in [0.25, 0.3) is 5.56 Å². The molecule has 0 aliphatic rings. The molecule has 0 radical (unpaired) electrons. The first-order chi connectivity index (χ1) is 12.2. The van der Waals surface area contributed by atoms with Crippen LogP contribution in [0.5, 0.6) is 0 Å². The molecule has 2 heterocycles. The van der Waals surface area contributed by atoms with E-state index in [4.69, 9.17) is 28.9 Å². The highest BCUT2D eigenvalue weighted by atomic mass is 35.5. The van der Waals surface area contributed by atoms with E-state index >= 15 is 0 Å². The van der Waals surface area contributed by atoms with E-state index in [0.717, 1.165) is 16.0 Å². The Hall–Kier alpha value is -1.89. The lowest BCUT2D eigenvalue weighted by Gasteiger charge is -2.17. The summed E-state index contributed by atoms with van der Waals surface area (Å²) in [7, 11) is 0. The molecule has 0 saturated heterocycles. The van der Waals surface area contributed by atoms with Crippen molar-refractivity contribution in [2.75, 3.05) is 0 Å². The highest BCUT2D eigenvalue weighted by Gasteiger charge is 2.23. The zero-order chi connectivity index (χ0) is 19.2. The normalized spacial score (nSPS) is 12.5. The molecule has 26 heavy (non-hydrogen) atoms. The van der Waals surface area contributed by atoms with E-state index in [-0.39, 0.29) is 12.0 Å². The van der Waals surface area contributed by atoms with E-state index < -0.39 is 11.9 Å². The SMILES string of the molecule is Cc1sc2nc(Cc3ccc(Cl)cc3Cl)n(C(C)C(N)=O)c(=O)c2c1C. The molecule has 0 saturated carbocycles. The number of thiophene rings is 1. The first-order valence-electron chi connectivity index (χ1n) is 7.95. The van der Waals surface area contributed by atoms with Gasteiger partial charge in [0.15, 0.2) is 0 Å². The van der Waals surface area contributed by atoms with E-state index in [9.17, 15) is 9.59 Å². The second-order valence-corrected chi connectivity index (χ2v) is 8.20. The first kappa shape index (κ1) is 18.9. The molecule has 0 bridgehead atoms. The fourth-order valence-corrected chi connectivity index (χ4v) is 4.35. The monoisotopic (exact) mass is 409 g/mol. The number of carbonyl (C=O) groups excluding carboxylic acids is 1. The Balaban J connectivity index is 2.27. The Kier molecular flexibility index (Phi) is 5.10. The third kappa shape index (κ3) is 3.24. The number of amides is 1. The number of benzene rings is 1. The van der Waals surface area contributed by atoms with Gasteiger partial charge in [-0.15, -0.1) is 11.3 Å².